The molecule has 2 aliphatic heterocycles. The van der Waals surface area contributed by atoms with Crippen molar-refractivity contribution < 1.29 is 24.2 Å². The van der Waals surface area contributed by atoms with Crippen molar-refractivity contribution in [3.63, 3.8) is 0 Å². The molecule has 0 radical (unpaired) electrons. The van der Waals surface area contributed by atoms with Crippen LogP contribution >= 0.6 is 23.2 Å². The molecule has 2 aromatic carbocycles. The lowest BCUT2D eigenvalue weighted by atomic mass is 9.98. The smallest absolute Gasteiger partial charge is 0.337 e. The van der Waals surface area contributed by atoms with E-state index < -0.39 is 5.97 Å². The van der Waals surface area contributed by atoms with Crippen LogP contribution in [0.4, 0.5) is 5.69 Å². The molecule has 1 N–H and O–H groups in total. The number of ether oxygens (including phenoxy) is 2. The Kier molecular flexibility index (Phi) is 10.4. The summed E-state index contributed by atoms with van der Waals surface area (Å²) in [6.07, 6.45) is 5.74. The zero-order valence-electron chi connectivity index (χ0n) is 32.8. The van der Waals surface area contributed by atoms with Crippen molar-refractivity contribution in [2.45, 2.75) is 66.2 Å². The highest BCUT2D eigenvalue weighted by atomic mass is 35.5. The van der Waals surface area contributed by atoms with Crippen molar-refractivity contribution in [2.24, 2.45) is 14.1 Å². The van der Waals surface area contributed by atoms with Gasteiger partial charge in [0.05, 0.1) is 52.3 Å². The number of carboxylic acid groups (broad SMARTS) is 1. The first-order chi connectivity index (χ1) is 26.8. The molecule has 3 aliphatic rings. The number of carbonyl (C=O) groups excluding carboxylic acids is 1. The molecule has 0 spiro atoms. The molecule has 1 atom stereocenters. The quantitative estimate of drug-likeness (QED) is 0.142. The summed E-state index contributed by atoms with van der Waals surface area (Å²) in [5.74, 6) is -1.13. The predicted octanol–water partition coefficient (Wildman–Crippen LogP) is 8.18. The monoisotopic (exact) mass is 798 g/mol. The van der Waals surface area contributed by atoms with Crippen LogP contribution in [-0.4, -0.2) is 86.4 Å². The van der Waals surface area contributed by atoms with Gasteiger partial charge < -0.3 is 28.6 Å². The zero-order valence-corrected chi connectivity index (χ0v) is 34.4. The van der Waals surface area contributed by atoms with Crippen LogP contribution in [0.5, 0.6) is 0 Å². The summed E-state index contributed by atoms with van der Waals surface area (Å²) in [6, 6.07) is 8.02. The molecular formula is C43H48Cl2N6O5. The molecule has 5 aromatic rings. The van der Waals surface area contributed by atoms with Crippen LogP contribution in [0.15, 0.2) is 52.7 Å². The summed E-state index contributed by atoms with van der Waals surface area (Å²) in [5.41, 5.74) is 10.9. The minimum absolute atomic E-state index is 0.0515. The summed E-state index contributed by atoms with van der Waals surface area (Å²) < 4.78 is 17.8. The Hall–Kier alpha value is -4.39. The Morgan fingerprint density at radius 3 is 2.46 bits per heavy atom. The SMILES string of the molecule is CC1=CC(OCCCc2c3n(c4c(-c5c(C)nn(C)c5C)c(Cl)ccc24)CCN(c2cc(CN4CCOCC4)cc4c(C(=O)O)cn(C)c24)C3=O)CC(C)=C1Cl. The van der Waals surface area contributed by atoms with E-state index in [2.05, 4.69) is 21.6 Å². The molecular weight excluding hydrogens is 751 g/mol. The maximum Gasteiger partial charge on any atom is 0.337 e. The van der Waals surface area contributed by atoms with E-state index >= 15 is 4.79 Å². The molecule has 1 fully saturated rings. The van der Waals surface area contributed by atoms with Crippen molar-refractivity contribution in [2.75, 3.05) is 44.4 Å². The van der Waals surface area contributed by atoms with Crippen molar-refractivity contribution in [1.29, 1.82) is 0 Å². The lowest BCUT2D eigenvalue weighted by molar-refractivity contribution is 0.0342. The molecule has 1 unspecified atom stereocenters. The van der Waals surface area contributed by atoms with Gasteiger partial charge in [0.15, 0.2) is 0 Å². The van der Waals surface area contributed by atoms with E-state index in [1.54, 1.807) is 6.20 Å². The molecule has 1 amide bonds. The third-order valence-corrected chi connectivity index (χ3v) is 12.7. The average molecular weight is 800 g/mol. The summed E-state index contributed by atoms with van der Waals surface area (Å²) in [7, 11) is 3.78. The summed E-state index contributed by atoms with van der Waals surface area (Å²) in [6.45, 7) is 13.0. The van der Waals surface area contributed by atoms with Gasteiger partial charge in [0, 0.05) is 92.2 Å². The highest BCUT2D eigenvalue weighted by Crippen LogP contribution is 2.44. The molecule has 5 heterocycles. The van der Waals surface area contributed by atoms with Gasteiger partial charge >= 0.3 is 5.97 Å². The third kappa shape index (κ3) is 6.67. The topological polar surface area (TPSA) is 107 Å². The molecule has 3 aromatic heterocycles. The fourth-order valence-corrected chi connectivity index (χ4v) is 9.43. The van der Waals surface area contributed by atoms with E-state index in [1.807, 2.05) is 74.1 Å². The Morgan fingerprint density at radius 2 is 1.77 bits per heavy atom. The number of fused-ring (bicyclic) bond motifs is 4. The zero-order chi connectivity index (χ0) is 39.6. The van der Waals surface area contributed by atoms with E-state index in [0.29, 0.717) is 79.6 Å². The van der Waals surface area contributed by atoms with Crippen molar-refractivity contribution in [3.05, 3.63) is 91.5 Å². The number of amides is 1. The van der Waals surface area contributed by atoms with E-state index in [0.717, 1.165) is 80.2 Å². The molecule has 0 saturated carbocycles. The standard InChI is InChI=1S/C43H48Cl2N6O5/c1-24-18-29(19-25(2)38(24)45)56-15-7-8-30-31-9-10-34(44)37(36-26(3)46-48(6)27(36)4)40(31)51-12-11-50(42(52)41(30)51)35-21-28(22-49-13-16-55-17-14-49)20-32-33(43(53)54)23-47(5)39(32)35/h9-10,18,20-21,23,29H,7-8,11-17,19,22H2,1-6H3,(H,53,54). The fraction of sp³-hybridized carbons (Fsp3) is 0.419. The number of aromatic nitrogens is 4. The van der Waals surface area contributed by atoms with E-state index in [-0.39, 0.29) is 17.6 Å². The van der Waals surface area contributed by atoms with Crippen molar-refractivity contribution >= 4 is 62.6 Å². The molecule has 8 rings (SSSR count). The van der Waals surface area contributed by atoms with Crippen LogP contribution in [0.25, 0.3) is 32.9 Å². The number of hydrogen-bond acceptors (Lipinski definition) is 6. The Bertz CT molecular complexity index is 2480. The summed E-state index contributed by atoms with van der Waals surface area (Å²) >= 11 is 13.6. The number of carbonyl (C=O) groups is 2. The normalized spacial score (nSPS) is 18.1. The molecule has 11 nitrogen and oxygen atoms in total. The number of allylic oxidation sites excluding steroid dienone is 2. The highest BCUT2D eigenvalue weighted by molar-refractivity contribution is 6.35. The Morgan fingerprint density at radius 1 is 1.00 bits per heavy atom. The summed E-state index contributed by atoms with van der Waals surface area (Å²) in [4.78, 5) is 32.0. The number of hydrogen-bond donors (Lipinski definition) is 1. The minimum Gasteiger partial charge on any atom is -0.478 e. The maximum absolute atomic E-state index is 15.3. The van der Waals surface area contributed by atoms with Gasteiger partial charge in [0.25, 0.3) is 5.91 Å². The first-order valence-corrected chi connectivity index (χ1v) is 20.1. The summed E-state index contributed by atoms with van der Waals surface area (Å²) in [5, 5.41) is 18.0. The highest BCUT2D eigenvalue weighted by Gasteiger charge is 2.35. The lowest BCUT2D eigenvalue weighted by Crippen LogP contribution is -2.41. The van der Waals surface area contributed by atoms with Crippen molar-refractivity contribution in [1.82, 2.24) is 23.8 Å². The molecule has 294 valence electrons. The second kappa shape index (κ2) is 15.2. The van der Waals surface area contributed by atoms with Crippen LogP contribution in [0.3, 0.4) is 0 Å². The third-order valence-electron chi connectivity index (χ3n) is 11.7. The first-order valence-electron chi connectivity index (χ1n) is 19.3. The second-order valence-corrected chi connectivity index (χ2v) is 16.2. The first kappa shape index (κ1) is 38.5. The van der Waals surface area contributed by atoms with Gasteiger partial charge in [-0.05, 0) is 81.9 Å². The molecule has 1 saturated heterocycles. The Labute approximate surface area is 336 Å². The van der Waals surface area contributed by atoms with E-state index in [9.17, 15) is 9.90 Å². The number of morpholine rings is 1. The Balaban J connectivity index is 1.24. The molecule has 1 aliphatic carbocycles. The van der Waals surface area contributed by atoms with Crippen LogP contribution in [-0.2, 0) is 43.1 Å². The van der Waals surface area contributed by atoms with Crippen LogP contribution in [0.1, 0.15) is 70.1 Å². The average Bonchev–Trinajstić information content (AvgIpc) is 3.76. The molecule has 13 heteroatoms. The number of halogens is 2. The number of aromatic carboxylic acids is 1. The number of carboxylic acids is 1. The fourth-order valence-electron chi connectivity index (χ4n) is 9.04. The number of rotatable bonds is 10. The van der Waals surface area contributed by atoms with Crippen molar-refractivity contribution in [3.8, 4) is 11.1 Å². The van der Waals surface area contributed by atoms with Gasteiger partial charge in [0.1, 0.15) is 5.69 Å². The van der Waals surface area contributed by atoms with Gasteiger partial charge in [-0.25, -0.2) is 4.79 Å². The molecule has 56 heavy (non-hydrogen) atoms. The van der Waals surface area contributed by atoms with Crippen LogP contribution in [0, 0.1) is 13.8 Å². The van der Waals surface area contributed by atoms with Gasteiger partial charge in [-0.15, -0.1) is 0 Å². The van der Waals surface area contributed by atoms with Gasteiger partial charge in [-0.2, -0.15) is 5.10 Å². The maximum atomic E-state index is 15.3. The number of nitrogens with zero attached hydrogens (tertiary/aromatic N) is 6. The molecule has 0 bridgehead atoms. The largest absolute Gasteiger partial charge is 0.478 e. The second-order valence-electron chi connectivity index (χ2n) is 15.4. The lowest BCUT2D eigenvalue weighted by Gasteiger charge is -2.32. The number of benzene rings is 2. The van der Waals surface area contributed by atoms with E-state index in [1.165, 1.54) is 0 Å². The minimum atomic E-state index is -1.00. The van der Waals surface area contributed by atoms with Crippen LogP contribution in [0.2, 0.25) is 5.02 Å². The van der Waals surface area contributed by atoms with Crippen LogP contribution < -0.4 is 4.90 Å². The predicted molar refractivity (Wildman–Crippen MR) is 221 cm³/mol. The van der Waals surface area contributed by atoms with Gasteiger partial charge in [-0.3, -0.25) is 14.4 Å². The van der Waals surface area contributed by atoms with E-state index in [4.69, 9.17) is 37.8 Å². The van der Waals surface area contributed by atoms with Gasteiger partial charge in [0.2, 0.25) is 0 Å². The number of anilines is 1. The number of aryl methyl sites for hydroxylation is 4. The van der Waals surface area contributed by atoms with Gasteiger partial charge in [-0.1, -0.05) is 40.9 Å².